The number of hydrogen-bond donors (Lipinski definition) is 1. The average molecular weight is 341 g/mol. The van der Waals surface area contributed by atoms with E-state index in [0.29, 0.717) is 17.3 Å². The molecule has 2 rings (SSSR count). The quantitative estimate of drug-likeness (QED) is 0.819. The van der Waals surface area contributed by atoms with Crippen molar-refractivity contribution in [3.63, 3.8) is 0 Å². The molecule has 22 heavy (non-hydrogen) atoms. The number of hydrogen-bond acceptors (Lipinski definition) is 4. The summed E-state index contributed by atoms with van der Waals surface area (Å²) in [5.74, 6) is 0.511. The third-order valence-corrected chi connectivity index (χ3v) is 5.77. The minimum atomic E-state index is -3.43. The Morgan fingerprint density at radius 3 is 2.91 bits per heavy atom. The van der Waals surface area contributed by atoms with Crippen LogP contribution in [0, 0.1) is 11.3 Å². The molecule has 6 nitrogen and oxygen atoms in total. The number of unbranched alkanes of at least 4 members (excludes halogenated alkanes) is 1. The van der Waals surface area contributed by atoms with Gasteiger partial charge in [-0.05, 0) is 31.5 Å². The van der Waals surface area contributed by atoms with E-state index < -0.39 is 16.1 Å². The minimum absolute atomic E-state index is 0.0482. The molecule has 1 unspecified atom stereocenters. The highest BCUT2D eigenvalue weighted by Crippen LogP contribution is 2.24. The number of nitriles is 1. The molecule has 0 aliphatic heterocycles. The van der Waals surface area contributed by atoms with Crippen LogP contribution in [0.2, 0.25) is 5.02 Å². The number of halogens is 1. The van der Waals surface area contributed by atoms with Gasteiger partial charge in [0.2, 0.25) is 10.0 Å². The molecule has 2 aromatic rings. The molecule has 0 aliphatic rings. The van der Waals surface area contributed by atoms with Crippen molar-refractivity contribution in [1.82, 2.24) is 14.3 Å². The number of nitrogens with zero attached hydrogens (tertiary/aromatic N) is 3. The molecule has 0 aliphatic carbocycles. The Kier molecular flexibility index (Phi) is 5.06. The smallest absolute Gasteiger partial charge is 0.214 e. The van der Waals surface area contributed by atoms with Crippen molar-refractivity contribution >= 4 is 32.7 Å². The molecule has 8 heteroatoms. The van der Waals surface area contributed by atoms with Gasteiger partial charge in [-0.15, -0.1) is 0 Å². The molecule has 0 saturated carbocycles. The van der Waals surface area contributed by atoms with E-state index in [4.69, 9.17) is 16.9 Å². The summed E-state index contributed by atoms with van der Waals surface area (Å²) < 4.78 is 25.8. The highest BCUT2D eigenvalue weighted by molar-refractivity contribution is 7.89. The highest BCUT2D eigenvalue weighted by Gasteiger charge is 2.26. The largest absolute Gasteiger partial charge is 0.341 e. The van der Waals surface area contributed by atoms with Gasteiger partial charge in [0.05, 0.1) is 28.9 Å². The summed E-state index contributed by atoms with van der Waals surface area (Å²) in [7, 11) is -1.91. The maximum atomic E-state index is 12.2. The SMILES string of the molecule is CC(c1nc2ccc(Cl)cc2[nH]1)N(C)S(=O)(=O)CCCC#N. The molecule has 0 amide bonds. The van der Waals surface area contributed by atoms with E-state index in [1.807, 2.05) is 6.07 Å². The molecule has 0 fully saturated rings. The number of H-pyrrole nitrogens is 1. The molecule has 1 aromatic heterocycles. The van der Waals surface area contributed by atoms with Crippen LogP contribution in [0.3, 0.4) is 0 Å². The van der Waals surface area contributed by atoms with Crippen molar-refractivity contribution in [3.05, 3.63) is 29.0 Å². The lowest BCUT2D eigenvalue weighted by Gasteiger charge is -2.22. The second-order valence-electron chi connectivity index (χ2n) is 5.05. The summed E-state index contributed by atoms with van der Waals surface area (Å²) in [5, 5.41) is 9.10. The highest BCUT2D eigenvalue weighted by atomic mass is 35.5. The van der Waals surface area contributed by atoms with Crippen molar-refractivity contribution in [2.45, 2.75) is 25.8 Å². The van der Waals surface area contributed by atoms with Gasteiger partial charge >= 0.3 is 0 Å². The fourth-order valence-corrected chi connectivity index (χ4v) is 3.64. The lowest BCUT2D eigenvalue weighted by atomic mass is 10.3. The zero-order valence-electron chi connectivity index (χ0n) is 12.4. The Morgan fingerprint density at radius 2 is 2.23 bits per heavy atom. The molecule has 1 atom stereocenters. The molecule has 1 aromatic carbocycles. The number of sulfonamides is 1. The monoisotopic (exact) mass is 340 g/mol. The summed E-state index contributed by atoms with van der Waals surface area (Å²) in [4.78, 5) is 7.51. The normalized spacial score (nSPS) is 13.4. The van der Waals surface area contributed by atoms with Gasteiger partial charge in [-0.3, -0.25) is 0 Å². The second-order valence-corrected chi connectivity index (χ2v) is 7.64. The van der Waals surface area contributed by atoms with Crippen molar-refractivity contribution in [1.29, 1.82) is 5.26 Å². The van der Waals surface area contributed by atoms with E-state index in [0.717, 1.165) is 11.0 Å². The predicted molar refractivity (Wildman–Crippen MR) is 85.9 cm³/mol. The van der Waals surface area contributed by atoms with E-state index in [1.165, 1.54) is 11.4 Å². The first-order valence-corrected chi connectivity index (χ1v) is 8.81. The number of fused-ring (bicyclic) bond motifs is 1. The lowest BCUT2D eigenvalue weighted by molar-refractivity contribution is 0.386. The van der Waals surface area contributed by atoms with E-state index in [9.17, 15) is 8.42 Å². The zero-order valence-corrected chi connectivity index (χ0v) is 13.9. The first-order valence-electron chi connectivity index (χ1n) is 6.83. The molecule has 1 heterocycles. The number of imidazole rings is 1. The van der Waals surface area contributed by atoms with Gasteiger partial charge in [-0.2, -0.15) is 9.57 Å². The van der Waals surface area contributed by atoms with Crippen molar-refractivity contribution in [3.8, 4) is 6.07 Å². The fraction of sp³-hybridized carbons (Fsp3) is 0.429. The number of nitrogens with one attached hydrogen (secondary N) is 1. The Balaban J connectivity index is 2.21. The van der Waals surface area contributed by atoms with E-state index >= 15 is 0 Å². The topological polar surface area (TPSA) is 89.8 Å². The Bertz CT molecular complexity index is 810. The van der Waals surface area contributed by atoms with Crippen LogP contribution in [0.15, 0.2) is 18.2 Å². The first kappa shape index (κ1) is 16.7. The van der Waals surface area contributed by atoms with Gasteiger partial charge in [0.25, 0.3) is 0 Å². The second kappa shape index (κ2) is 6.65. The molecule has 0 saturated heterocycles. The Labute approximate surface area is 134 Å². The Morgan fingerprint density at radius 1 is 1.50 bits per heavy atom. The van der Waals surface area contributed by atoms with Crippen LogP contribution in [0.25, 0.3) is 11.0 Å². The minimum Gasteiger partial charge on any atom is -0.341 e. The molecule has 1 N–H and O–H groups in total. The average Bonchev–Trinajstić information content (AvgIpc) is 2.88. The molecule has 0 spiro atoms. The van der Waals surface area contributed by atoms with Gasteiger partial charge < -0.3 is 4.98 Å². The van der Waals surface area contributed by atoms with Crippen LogP contribution in [-0.4, -0.2) is 35.5 Å². The van der Waals surface area contributed by atoms with Crippen molar-refractivity contribution < 1.29 is 8.42 Å². The van der Waals surface area contributed by atoms with Crippen LogP contribution in [0.5, 0.6) is 0 Å². The maximum absolute atomic E-state index is 12.2. The summed E-state index contributed by atoms with van der Waals surface area (Å²) in [6.45, 7) is 1.77. The van der Waals surface area contributed by atoms with Crippen molar-refractivity contribution in [2.75, 3.05) is 12.8 Å². The lowest BCUT2D eigenvalue weighted by Crippen LogP contribution is -2.32. The summed E-state index contributed by atoms with van der Waals surface area (Å²) in [6.07, 6.45) is 0.552. The van der Waals surface area contributed by atoms with Crippen LogP contribution in [0.4, 0.5) is 0 Å². The Hall–Kier alpha value is -1.62. The van der Waals surface area contributed by atoms with Crippen LogP contribution >= 0.6 is 11.6 Å². The van der Waals surface area contributed by atoms with Crippen LogP contribution < -0.4 is 0 Å². The number of aromatic nitrogens is 2. The van der Waals surface area contributed by atoms with Gasteiger partial charge in [0.1, 0.15) is 5.82 Å². The van der Waals surface area contributed by atoms with E-state index in [1.54, 1.807) is 25.1 Å². The number of benzene rings is 1. The summed E-state index contributed by atoms with van der Waals surface area (Å²) in [6, 6.07) is 6.79. The maximum Gasteiger partial charge on any atom is 0.214 e. The summed E-state index contributed by atoms with van der Waals surface area (Å²) in [5.41, 5.74) is 1.51. The van der Waals surface area contributed by atoms with Crippen LogP contribution in [0.1, 0.15) is 31.6 Å². The standard InChI is InChI=1S/C14H17ClN4O2S/c1-10(19(2)22(20,21)8-4-3-7-16)14-17-12-6-5-11(15)9-13(12)18-14/h5-6,9-10H,3-4,8H2,1-2H3,(H,17,18). The van der Waals surface area contributed by atoms with E-state index in [2.05, 4.69) is 9.97 Å². The van der Waals surface area contributed by atoms with Gasteiger partial charge in [-0.1, -0.05) is 11.6 Å². The van der Waals surface area contributed by atoms with Gasteiger partial charge in [0, 0.05) is 18.5 Å². The fourth-order valence-electron chi connectivity index (χ4n) is 2.09. The zero-order chi connectivity index (χ0) is 16.3. The van der Waals surface area contributed by atoms with E-state index in [-0.39, 0.29) is 12.2 Å². The summed E-state index contributed by atoms with van der Waals surface area (Å²) >= 11 is 5.93. The predicted octanol–water partition coefficient (Wildman–Crippen LogP) is 2.84. The molecule has 0 bridgehead atoms. The molecular formula is C14H17ClN4O2S. The third-order valence-electron chi connectivity index (χ3n) is 3.53. The molecule has 0 radical (unpaired) electrons. The first-order chi connectivity index (χ1) is 10.3. The number of rotatable bonds is 6. The third kappa shape index (κ3) is 3.58. The molecular weight excluding hydrogens is 324 g/mol. The van der Waals surface area contributed by atoms with Gasteiger partial charge in [0.15, 0.2) is 0 Å². The van der Waals surface area contributed by atoms with Gasteiger partial charge in [-0.25, -0.2) is 13.4 Å². The number of aromatic amines is 1. The van der Waals surface area contributed by atoms with Crippen molar-refractivity contribution in [2.24, 2.45) is 0 Å². The van der Waals surface area contributed by atoms with Crippen LogP contribution in [-0.2, 0) is 10.0 Å². The molecule has 118 valence electrons.